The van der Waals surface area contributed by atoms with E-state index in [0.29, 0.717) is 10.9 Å². The highest BCUT2D eigenvalue weighted by molar-refractivity contribution is 6.32. The summed E-state index contributed by atoms with van der Waals surface area (Å²) in [4.78, 5) is 0. The van der Waals surface area contributed by atoms with E-state index in [1.165, 1.54) is 18.4 Å². The number of ether oxygens (including phenoxy) is 1. The molecule has 1 N–H and O–H groups in total. The highest BCUT2D eigenvalue weighted by Gasteiger charge is 2.06. The van der Waals surface area contributed by atoms with Gasteiger partial charge in [0, 0.05) is 6.54 Å². The van der Waals surface area contributed by atoms with Crippen LogP contribution in [-0.4, -0.2) is 13.2 Å². The average Bonchev–Trinajstić information content (AvgIpc) is 2.38. The third-order valence-corrected chi connectivity index (χ3v) is 3.35. The minimum Gasteiger partial charge on any atom is -0.492 e. The van der Waals surface area contributed by atoms with E-state index in [9.17, 15) is 0 Å². The van der Waals surface area contributed by atoms with Gasteiger partial charge in [0.2, 0.25) is 0 Å². The third kappa shape index (κ3) is 6.31. The zero-order chi connectivity index (χ0) is 14.1. The van der Waals surface area contributed by atoms with Crippen LogP contribution in [0.5, 0.6) is 5.75 Å². The van der Waals surface area contributed by atoms with E-state index < -0.39 is 0 Å². The van der Waals surface area contributed by atoms with Crippen molar-refractivity contribution in [2.45, 2.75) is 46.6 Å². The van der Waals surface area contributed by atoms with E-state index in [1.54, 1.807) is 0 Å². The molecule has 0 fully saturated rings. The van der Waals surface area contributed by atoms with Crippen molar-refractivity contribution >= 4 is 11.6 Å². The van der Waals surface area contributed by atoms with E-state index in [-0.39, 0.29) is 0 Å². The van der Waals surface area contributed by atoms with Gasteiger partial charge >= 0.3 is 0 Å². The van der Waals surface area contributed by atoms with E-state index in [2.05, 4.69) is 32.2 Å². The van der Waals surface area contributed by atoms with Crippen LogP contribution in [0.4, 0.5) is 0 Å². The summed E-state index contributed by atoms with van der Waals surface area (Å²) >= 11 is 6.25. The van der Waals surface area contributed by atoms with Crippen LogP contribution >= 0.6 is 11.6 Å². The van der Waals surface area contributed by atoms with E-state index in [1.807, 2.05) is 12.1 Å². The normalized spacial score (nSPS) is 12.4. The molecule has 1 aromatic rings. The Bertz CT molecular complexity index is 368. The Kier molecular flexibility index (Phi) is 7.92. The minimum atomic E-state index is 0.576. The molecule has 2 nitrogen and oxygen atoms in total. The highest BCUT2D eigenvalue weighted by atomic mass is 35.5. The second-order valence-electron chi connectivity index (χ2n) is 5.15. The third-order valence-electron chi connectivity index (χ3n) is 3.06. The van der Waals surface area contributed by atoms with Crippen molar-refractivity contribution in [3.63, 3.8) is 0 Å². The number of halogens is 1. The molecule has 0 aliphatic heterocycles. The topological polar surface area (TPSA) is 21.3 Å². The van der Waals surface area contributed by atoms with Crippen LogP contribution in [0.1, 0.15) is 45.6 Å². The average molecular weight is 284 g/mol. The van der Waals surface area contributed by atoms with Gasteiger partial charge in [0.1, 0.15) is 5.75 Å². The molecule has 0 aromatic heterocycles. The molecule has 0 aliphatic carbocycles. The predicted molar refractivity (Wildman–Crippen MR) is 83.0 cm³/mol. The number of hydrogen-bond acceptors (Lipinski definition) is 2. The Morgan fingerprint density at radius 1 is 1.26 bits per heavy atom. The summed E-state index contributed by atoms with van der Waals surface area (Å²) in [5, 5.41) is 4.07. The molecule has 0 spiro atoms. The predicted octanol–water partition coefficient (Wildman–Crippen LogP) is 4.65. The van der Waals surface area contributed by atoms with Crippen LogP contribution in [0.2, 0.25) is 5.02 Å². The van der Waals surface area contributed by atoms with E-state index in [4.69, 9.17) is 16.3 Å². The van der Waals surface area contributed by atoms with Crippen LogP contribution in [0.3, 0.4) is 0 Å². The van der Waals surface area contributed by atoms with Gasteiger partial charge < -0.3 is 10.1 Å². The number of hydrogen-bond donors (Lipinski definition) is 1. The van der Waals surface area contributed by atoms with Crippen LogP contribution in [0, 0.1) is 5.92 Å². The van der Waals surface area contributed by atoms with Crippen molar-refractivity contribution in [3.8, 4) is 5.75 Å². The summed E-state index contributed by atoms with van der Waals surface area (Å²) in [6, 6.07) is 6.04. The first kappa shape index (κ1) is 16.3. The quantitative estimate of drug-likeness (QED) is 0.666. The standard InChI is InChI=1S/C16H26ClNO/c1-4-6-13(3)12-19-16-8-7-14(10-15(16)17)11-18-9-5-2/h7-8,10,13,18H,4-6,9,11-12H2,1-3H3. The lowest BCUT2D eigenvalue weighted by molar-refractivity contribution is 0.251. The summed E-state index contributed by atoms with van der Waals surface area (Å²) < 4.78 is 5.78. The van der Waals surface area contributed by atoms with E-state index >= 15 is 0 Å². The zero-order valence-electron chi connectivity index (χ0n) is 12.3. The molecule has 3 heteroatoms. The molecule has 0 radical (unpaired) electrons. The zero-order valence-corrected chi connectivity index (χ0v) is 13.1. The second kappa shape index (κ2) is 9.22. The number of nitrogens with one attached hydrogen (secondary N) is 1. The summed E-state index contributed by atoms with van der Waals surface area (Å²) in [6.07, 6.45) is 3.53. The van der Waals surface area contributed by atoms with E-state index in [0.717, 1.165) is 31.9 Å². The molecule has 1 unspecified atom stereocenters. The Hall–Kier alpha value is -0.730. The fourth-order valence-electron chi connectivity index (χ4n) is 1.99. The first-order chi connectivity index (χ1) is 9.17. The van der Waals surface area contributed by atoms with Gasteiger partial charge in [-0.15, -0.1) is 0 Å². The minimum absolute atomic E-state index is 0.576. The van der Waals surface area contributed by atoms with Gasteiger partial charge in [-0.2, -0.15) is 0 Å². The lowest BCUT2D eigenvalue weighted by Crippen LogP contribution is -2.13. The van der Waals surface area contributed by atoms with Gasteiger partial charge in [-0.25, -0.2) is 0 Å². The monoisotopic (exact) mass is 283 g/mol. The molecule has 0 heterocycles. The lowest BCUT2D eigenvalue weighted by atomic mass is 10.1. The van der Waals surface area contributed by atoms with Gasteiger partial charge in [0.05, 0.1) is 11.6 Å². The van der Waals surface area contributed by atoms with Gasteiger partial charge in [-0.3, -0.25) is 0 Å². The summed E-state index contributed by atoms with van der Waals surface area (Å²) in [7, 11) is 0. The Morgan fingerprint density at radius 3 is 2.68 bits per heavy atom. The van der Waals surface area contributed by atoms with Gasteiger partial charge in [0.15, 0.2) is 0 Å². The van der Waals surface area contributed by atoms with Gasteiger partial charge in [-0.1, -0.05) is 44.9 Å². The Labute approximate surface area is 122 Å². The summed E-state index contributed by atoms with van der Waals surface area (Å²) in [5.41, 5.74) is 1.20. The molecule has 1 atom stereocenters. The van der Waals surface area contributed by atoms with Crippen LogP contribution in [0.15, 0.2) is 18.2 Å². The van der Waals surface area contributed by atoms with Crippen molar-refractivity contribution in [1.29, 1.82) is 0 Å². The maximum atomic E-state index is 6.25. The number of rotatable bonds is 9. The van der Waals surface area contributed by atoms with Crippen molar-refractivity contribution in [3.05, 3.63) is 28.8 Å². The van der Waals surface area contributed by atoms with Crippen molar-refractivity contribution < 1.29 is 4.74 Å². The SMILES string of the molecule is CCCNCc1ccc(OCC(C)CCC)c(Cl)c1. The van der Waals surface area contributed by atoms with Crippen molar-refractivity contribution in [2.24, 2.45) is 5.92 Å². The second-order valence-corrected chi connectivity index (χ2v) is 5.55. The first-order valence-corrected chi connectivity index (χ1v) is 7.67. The molecular weight excluding hydrogens is 258 g/mol. The smallest absolute Gasteiger partial charge is 0.137 e. The fraction of sp³-hybridized carbons (Fsp3) is 0.625. The van der Waals surface area contributed by atoms with Gasteiger partial charge in [-0.05, 0) is 43.0 Å². The Balaban J connectivity index is 2.47. The fourth-order valence-corrected chi connectivity index (χ4v) is 2.25. The Morgan fingerprint density at radius 2 is 2.05 bits per heavy atom. The van der Waals surface area contributed by atoms with Crippen LogP contribution < -0.4 is 10.1 Å². The maximum absolute atomic E-state index is 6.25. The van der Waals surface area contributed by atoms with Crippen LogP contribution in [-0.2, 0) is 6.54 Å². The largest absolute Gasteiger partial charge is 0.492 e. The molecule has 0 bridgehead atoms. The molecule has 0 saturated carbocycles. The molecule has 0 aliphatic rings. The first-order valence-electron chi connectivity index (χ1n) is 7.29. The molecule has 1 rings (SSSR count). The lowest BCUT2D eigenvalue weighted by Gasteiger charge is -2.14. The molecule has 108 valence electrons. The van der Waals surface area contributed by atoms with Crippen LogP contribution in [0.25, 0.3) is 0 Å². The molecular formula is C16H26ClNO. The van der Waals surface area contributed by atoms with Gasteiger partial charge in [0.25, 0.3) is 0 Å². The number of benzene rings is 1. The molecule has 0 saturated heterocycles. The summed E-state index contributed by atoms with van der Waals surface area (Å²) in [5.74, 6) is 1.37. The molecule has 1 aromatic carbocycles. The van der Waals surface area contributed by atoms with Crippen molar-refractivity contribution in [2.75, 3.05) is 13.2 Å². The maximum Gasteiger partial charge on any atom is 0.137 e. The molecule has 19 heavy (non-hydrogen) atoms. The molecule has 0 amide bonds. The highest BCUT2D eigenvalue weighted by Crippen LogP contribution is 2.26. The van der Waals surface area contributed by atoms with Crippen molar-refractivity contribution in [1.82, 2.24) is 5.32 Å². The summed E-state index contributed by atoms with van der Waals surface area (Å²) in [6.45, 7) is 9.20.